The molecule has 0 radical (unpaired) electrons. The number of urea groups is 1. The molecule has 1 aliphatic rings. The first-order valence-electron chi connectivity index (χ1n) is 10.3. The molecule has 29 heavy (non-hydrogen) atoms. The second kappa shape index (κ2) is 10.6. The molecule has 0 bridgehead atoms. The number of carbonyl (C=O) groups excluding carboxylic acids is 2. The molecular formula is C23H30N3O3+. The number of carbonyl (C=O) groups is 2. The largest absolute Gasteiger partial charge is 0.466 e. The minimum absolute atomic E-state index is 0.0417. The molecule has 3 rings (SSSR count). The molecule has 2 aromatic carbocycles. The summed E-state index contributed by atoms with van der Waals surface area (Å²) in [5.74, 6) is -0.0146. The summed E-state index contributed by atoms with van der Waals surface area (Å²) in [6, 6.07) is 17.6. The smallest absolute Gasteiger partial charge is 0.319 e. The van der Waals surface area contributed by atoms with Crippen LogP contribution in [0.15, 0.2) is 54.6 Å². The van der Waals surface area contributed by atoms with Crippen molar-refractivity contribution < 1.29 is 19.2 Å². The Morgan fingerprint density at radius 2 is 1.76 bits per heavy atom. The lowest BCUT2D eigenvalue weighted by molar-refractivity contribution is -0.919. The van der Waals surface area contributed by atoms with E-state index in [2.05, 4.69) is 16.7 Å². The monoisotopic (exact) mass is 396 g/mol. The summed E-state index contributed by atoms with van der Waals surface area (Å²) < 4.78 is 5.14. The van der Waals surface area contributed by atoms with E-state index in [-0.39, 0.29) is 17.9 Å². The van der Waals surface area contributed by atoms with Gasteiger partial charge in [0.05, 0.1) is 25.6 Å². The maximum Gasteiger partial charge on any atom is 0.319 e. The van der Waals surface area contributed by atoms with Crippen molar-refractivity contribution in [1.82, 2.24) is 5.32 Å². The van der Waals surface area contributed by atoms with Gasteiger partial charge in [-0.2, -0.15) is 0 Å². The molecular weight excluding hydrogens is 366 g/mol. The minimum atomic E-state index is -0.214. The quantitative estimate of drug-likeness (QED) is 0.629. The number of hydrogen-bond donors (Lipinski definition) is 3. The number of amides is 2. The Morgan fingerprint density at radius 3 is 2.48 bits per heavy atom. The van der Waals surface area contributed by atoms with Crippen molar-refractivity contribution in [1.29, 1.82) is 0 Å². The molecule has 0 spiro atoms. The molecule has 6 heteroatoms. The van der Waals surface area contributed by atoms with E-state index < -0.39 is 0 Å². The summed E-state index contributed by atoms with van der Waals surface area (Å²) in [6.45, 7) is 5.59. The number of hydrogen-bond acceptors (Lipinski definition) is 3. The van der Waals surface area contributed by atoms with Crippen molar-refractivity contribution in [3.05, 3.63) is 65.7 Å². The summed E-state index contributed by atoms with van der Waals surface area (Å²) >= 11 is 0. The van der Waals surface area contributed by atoms with Crippen LogP contribution in [0.1, 0.15) is 30.9 Å². The maximum atomic E-state index is 12.2. The molecule has 1 heterocycles. The van der Waals surface area contributed by atoms with E-state index in [9.17, 15) is 9.59 Å². The molecule has 0 aromatic heterocycles. The van der Waals surface area contributed by atoms with E-state index in [1.807, 2.05) is 55.5 Å². The number of likely N-dealkylation sites (tertiary alicyclic amines) is 1. The molecule has 0 atom stereocenters. The number of piperidine rings is 1. The number of nitrogens with one attached hydrogen (secondary N) is 3. The number of esters is 1. The van der Waals surface area contributed by atoms with Crippen LogP contribution in [0.2, 0.25) is 0 Å². The maximum absolute atomic E-state index is 12.2. The first kappa shape index (κ1) is 20.9. The van der Waals surface area contributed by atoms with Crippen LogP contribution in [0.25, 0.3) is 0 Å². The summed E-state index contributed by atoms with van der Waals surface area (Å²) in [4.78, 5) is 25.5. The van der Waals surface area contributed by atoms with Crippen LogP contribution in [0, 0.1) is 5.92 Å². The Morgan fingerprint density at radius 1 is 1.03 bits per heavy atom. The van der Waals surface area contributed by atoms with Gasteiger partial charge in [-0.25, -0.2) is 4.79 Å². The van der Waals surface area contributed by atoms with E-state index in [1.165, 1.54) is 10.5 Å². The molecule has 0 unspecified atom stereocenters. The predicted octanol–water partition coefficient (Wildman–Crippen LogP) is 2.37. The molecule has 154 valence electrons. The van der Waals surface area contributed by atoms with Crippen LogP contribution in [0.5, 0.6) is 0 Å². The third-order valence-electron chi connectivity index (χ3n) is 5.25. The second-order valence-corrected chi connectivity index (χ2v) is 7.45. The van der Waals surface area contributed by atoms with E-state index in [1.54, 1.807) is 0 Å². The molecule has 2 aromatic rings. The average molecular weight is 397 g/mol. The fourth-order valence-electron chi connectivity index (χ4n) is 3.70. The highest BCUT2D eigenvalue weighted by molar-refractivity contribution is 5.89. The van der Waals surface area contributed by atoms with Gasteiger partial charge >= 0.3 is 12.0 Å². The van der Waals surface area contributed by atoms with Crippen LogP contribution in [0.3, 0.4) is 0 Å². The van der Waals surface area contributed by atoms with Crippen molar-refractivity contribution in [3.8, 4) is 0 Å². The zero-order chi connectivity index (χ0) is 20.5. The summed E-state index contributed by atoms with van der Waals surface area (Å²) in [5.41, 5.74) is 3.02. The van der Waals surface area contributed by atoms with Crippen LogP contribution in [-0.2, 0) is 22.6 Å². The third kappa shape index (κ3) is 6.61. The lowest BCUT2D eigenvalue weighted by atomic mass is 9.96. The lowest BCUT2D eigenvalue weighted by Gasteiger charge is -2.28. The Balaban J connectivity index is 1.46. The standard InChI is InChI=1S/C23H29N3O3/c1-2-29-22(27)20-11-13-26(14-12-20)17-19-9-6-10-21(15-19)25-23(28)24-16-18-7-4-3-5-8-18/h3-10,15,20H,2,11-14,16-17H2,1H3,(H2,24,25,28)/p+1. The summed E-state index contributed by atoms with van der Waals surface area (Å²) in [6.07, 6.45) is 1.74. The predicted molar refractivity (Wildman–Crippen MR) is 113 cm³/mol. The van der Waals surface area contributed by atoms with Crippen LogP contribution >= 0.6 is 0 Å². The van der Waals surface area contributed by atoms with Crippen LogP contribution < -0.4 is 15.5 Å². The van der Waals surface area contributed by atoms with Gasteiger partial charge in [-0.1, -0.05) is 42.5 Å². The fourth-order valence-corrected chi connectivity index (χ4v) is 3.70. The highest BCUT2D eigenvalue weighted by Crippen LogP contribution is 2.13. The second-order valence-electron chi connectivity index (χ2n) is 7.45. The number of rotatable bonds is 7. The topological polar surface area (TPSA) is 71.9 Å². The van der Waals surface area contributed by atoms with E-state index in [4.69, 9.17) is 4.74 Å². The van der Waals surface area contributed by atoms with Crippen LogP contribution in [0.4, 0.5) is 10.5 Å². The van der Waals surface area contributed by atoms with Gasteiger partial charge in [-0.05, 0) is 24.6 Å². The van der Waals surface area contributed by atoms with E-state index in [0.717, 1.165) is 43.7 Å². The molecule has 0 saturated carbocycles. The Bertz CT molecular complexity index is 802. The zero-order valence-electron chi connectivity index (χ0n) is 16.9. The minimum Gasteiger partial charge on any atom is -0.466 e. The van der Waals surface area contributed by atoms with Gasteiger partial charge in [0, 0.05) is 30.6 Å². The van der Waals surface area contributed by atoms with Gasteiger partial charge in [0.1, 0.15) is 6.54 Å². The Kier molecular flexibility index (Phi) is 7.64. The third-order valence-corrected chi connectivity index (χ3v) is 5.25. The van der Waals surface area contributed by atoms with Crippen molar-refractivity contribution >= 4 is 17.7 Å². The molecule has 1 aliphatic heterocycles. The van der Waals surface area contributed by atoms with Crippen molar-refractivity contribution in [2.45, 2.75) is 32.9 Å². The number of benzene rings is 2. The number of anilines is 1. The molecule has 0 aliphatic carbocycles. The highest BCUT2D eigenvalue weighted by atomic mass is 16.5. The average Bonchev–Trinajstić information content (AvgIpc) is 2.74. The summed E-state index contributed by atoms with van der Waals surface area (Å²) in [5, 5.41) is 5.78. The summed E-state index contributed by atoms with van der Waals surface area (Å²) in [7, 11) is 0. The Labute approximate surface area is 172 Å². The first-order valence-corrected chi connectivity index (χ1v) is 10.3. The molecule has 6 nitrogen and oxygen atoms in total. The van der Waals surface area contributed by atoms with Gasteiger partial charge in [0.15, 0.2) is 0 Å². The molecule has 1 fully saturated rings. The lowest BCUT2D eigenvalue weighted by Crippen LogP contribution is -3.11. The highest BCUT2D eigenvalue weighted by Gasteiger charge is 2.28. The van der Waals surface area contributed by atoms with Gasteiger partial charge in [-0.15, -0.1) is 0 Å². The van der Waals surface area contributed by atoms with Gasteiger partial charge < -0.3 is 20.3 Å². The van der Waals surface area contributed by atoms with E-state index >= 15 is 0 Å². The van der Waals surface area contributed by atoms with Gasteiger partial charge in [0.25, 0.3) is 0 Å². The van der Waals surface area contributed by atoms with Crippen molar-refractivity contribution in [2.75, 3.05) is 25.0 Å². The SMILES string of the molecule is CCOC(=O)C1CC[NH+](Cc2cccc(NC(=O)NCc3ccccc3)c2)CC1. The molecule has 2 amide bonds. The fraction of sp³-hybridized carbons (Fsp3) is 0.391. The molecule has 1 saturated heterocycles. The van der Waals surface area contributed by atoms with Crippen LogP contribution in [-0.4, -0.2) is 31.7 Å². The number of quaternary nitrogens is 1. The Hall–Kier alpha value is -2.86. The van der Waals surface area contributed by atoms with Gasteiger partial charge in [-0.3, -0.25) is 4.79 Å². The number of ether oxygens (including phenoxy) is 1. The first-order chi connectivity index (χ1) is 14.1. The molecule has 3 N–H and O–H groups in total. The van der Waals surface area contributed by atoms with E-state index in [0.29, 0.717) is 13.2 Å². The zero-order valence-corrected chi connectivity index (χ0v) is 16.9. The van der Waals surface area contributed by atoms with Crippen molar-refractivity contribution in [3.63, 3.8) is 0 Å². The normalized spacial score (nSPS) is 18.7. The van der Waals surface area contributed by atoms with Gasteiger partial charge in [0.2, 0.25) is 0 Å². The van der Waals surface area contributed by atoms with Crippen molar-refractivity contribution in [2.24, 2.45) is 5.92 Å².